The van der Waals surface area contributed by atoms with Gasteiger partial charge in [0.2, 0.25) is 0 Å². The Bertz CT molecular complexity index is 764. The Balaban J connectivity index is 2.04. The zero-order valence-electron chi connectivity index (χ0n) is 12.1. The number of ether oxygens (including phenoxy) is 1. The lowest BCUT2D eigenvalue weighted by Crippen LogP contribution is -2.26. The minimum Gasteiger partial charge on any atom is -0.545 e. The van der Waals surface area contributed by atoms with E-state index < -0.39 is 11.9 Å². The molecule has 23 heavy (non-hydrogen) atoms. The lowest BCUT2D eigenvalue weighted by atomic mass is 10.2. The number of rotatable bonds is 5. The number of hydrogen-bond acceptors (Lipinski definition) is 4. The van der Waals surface area contributed by atoms with Gasteiger partial charge in [-0.3, -0.25) is 4.79 Å². The molecule has 1 amide bonds. The summed E-state index contributed by atoms with van der Waals surface area (Å²) in [5.74, 6) is -1.33. The Labute approximate surface area is 146 Å². The fourth-order valence-corrected chi connectivity index (χ4v) is 2.49. The number of carboxylic acids is 1. The standard InChI is InChI=1S/C16H13BrClNO4/c1-9-6-11(18)3-5-14(9)23-8-15(20)19-13-4-2-10(17)7-12(13)16(21)22/h2-7H,8H2,1H3,(H,19,20)(H,21,22)/p-1. The molecule has 0 aliphatic rings. The first-order valence-corrected chi connectivity index (χ1v) is 7.73. The highest BCUT2D eigenvalue weighted by atomic mass is 79.9. The van der Waals surface area contributed by atoms with E-state index in [-0.39, 0.29) is 17.9 Å². The summed E-state index contributed by atoms with van der Waals surface area (Å²) in [7, 11) is 0. The van der Waals surface area contributed by atoms with Gasteiger partial charge in [0.05, 0.1) is 5.97 Å². The predicted molar refractivity (Wildman–Crippen MR) is 88.8 cm³/mol. The van der Waals surface area contributed by atoms with Crippen molar-refractivity contribution >= 4 is 45.1 Å². The normalized spacial score (nSPS) is 10.2. The lowest BCUT2D eigenvalue weighted by molar-refractivity contribution is -0.254. The van der Waals surface area contributed by atoms with Crippen LogP contribution in [0, 0.1) is 6.92 Å². The monoisotopic (exact) mass is 396 g/mol. The Hall–Kier alpha value is -2.05. The van der Waals surface area contributed by atoms with Crippen LogP contribution in [-0.4, -0.2) is 18.5 Å². The van der Waals surface area contributed by atoms with Gasteiger partial charge in [-0.25, -0.2) is 0 Å². The van der Waals surface area contributed by atoms with Crippen LogP contribution in [0.2, 0.25) is 5.02 Å². The summed E-state index contributed by atoms with van der Waals surface area (Å²) >= 11 is 9.01. The van der Waals surface area contributed by atoms with Crippen molar-refractivity contribution in [3.63, 3.8) is 0 Å². The van der Waals surface area contributed by atoms with Crippen molar-refractivity contribution in [3.05, 3.63) is 57.0 Å². The Morgan fingerprint density at radius 2 is 2.00 bits per heavy atom. The van der Waals surface area contributed by atoms with Gasteiger partial charge in [0.25, 0.3) is 5.91 Å². The van der Waals surface area contributed by atoms with Crippen LogP contribution in [0.1, 0.15) is 15.9 Å². The number of anilines is 1. The molecular weight excluding hydrogens is 386 g/mol. The molecule has 2 aromatic carbocycles. The number of aryl methyl sites for hydroxylation is 1. The molecule has 0 bridgehead atoms. The fourth-order valence-electron chi connectivity index (χ4n) is 1.90. The largest absolute Gasteiger partial charge is 0.545 e. The van der Waals surface area contributed by atoms with E-state index in [4.69, 9.17) is 16.3 Å². The number of benzene rings is 2. The van der Waals surface area contributed by atoms with Crippen LogP contribution in [0.15, 0.2) is 40.9 Å². The SMILES string of the molecule is Cc1cc(Cl)ccc1OCC(=O)Nc1ccc(Br)cc1C(=O)[O-]. The van der Waals surface area contributed by atoms with Crippen LogP contribution in [0.4, 0.5) is 5.69 Å². The van der Waals surface area contributed by atoms with Crippen LogP contribution < -0.4 is 15.2 Å². The molecule has 1 N–H and O–H groups in total. The van der Waals surface area contributed by atoms with Crippen molar-refractivity contribution in [2.75, 3.05) is 11.9 Å². The molecule has 0 aliphatic heterocycles. The van der Waals surface area contributed by atoms with Crippen molar-refractivity contribution in [1.29, 1.82) is 0 Å². The van der Waals surface area contributed by atoms with Crippen molar-refractivity contribution < 1.29 is 19.4 Å². The van der Waals surface area contributed by atoms with Gasteiger partial charge in [-0.2, -0.15) is 0 Å². The van der Waals surface area contributed by atoms with E-state index in [0.29, 0.717) is 15.2 Å². The van der Waals surface area contributed by atoms with Crippen molar-refractivity contribution in [2.24, 2.45) is 0 Å². The second-order valence-corrected chi connectivity index (χ2v) is 6.08. The fraction of sp³-hybridized carbons (Fsp3) is 0.125. The third-order valence-corrected chi connectivity index (χ3v) is 3.70. The van der Waals surface area contributed by atoms with Crippen LogP contribution >= 0.6 is 27.5 Å². The number of carbonyl (C=O) groups is 2. The van der Waals surface area contributed by atoms with E-state index in [1.54, 1.807) is 24.3 Å². The summed E-state index contributed by atoms with van der Waals surface area (Å²) in [5, 5.41) is 14.1. The summed E-state index contributed by atoms with van der Waals surface area (Å²) in [6.45, 7) is 1.55. The van der Waals surface area contributed by atoms with Crippen molar-refractivity contribution in [1.82, 2.24) is 0 Å². The maximum atomic E-state index is 11.9. The molecule has 0 unspecified atom stereocenters. The summed E-state index contributed by atoms with van der Waals surface area (Å²) in [5.41, 5.74) is 0.828. The van der Waals surface area contributed by atoms with Crippen LogP contribution in [0.25, 0.3) is 0 Å². The van der Waals surface area contributed by atoms with Gasteiger partial charge in [-0.15, -0.1) is 0 Å². The third kappa shape index (κ3) is 4.71. The molecule has 7 heteroatoms. The first kappa shape index (κ1) is 17.3. The highest BCUT2D eigenvalue weighted by Crippen LogP contribution is 2.23. The van der Waals surface area contributed by atoms with Crippen LogP contribution in [0.5, 0.6) is 5.75 Å². The zero-order chi connectivity index (χ0) is 17.0. The first-order chi connectivity index (χ1) is 10.9. The minimum absolute atomic E-state index is 0.115. The van der Waals surface area contributed by atoms with Gasteiger partial charge < -0.3 is 20.0 Å². The second kappa shape index (κ2) is 7.48. The summed E-state index contributed by atoms with van der Waals surface area (Å²) in [6, 6.07) is 9.49. The van der Waals surface area contributed by atoms with Gasteiger partial charge in [0.15, 0.2) is 6.61 Å². The molecule has 0 spiro atoms. The first-order valence-electron chi connectivity index (χ1n) is 6.56. The molecule has 2 aromatic rings. The van der Waals surface area contributed by atoms with Gasteiger partial charge in [0.1, 0.15) is 5.75 Å². The molecule has 0 aliphatic carbocycles. The maximum Gasteiger partial charge on any atom is 0.262 e. The molecule has 0 saturated heterocycles. The van der Waals surface area contributed by atoms with E-state index in [9.17, 15) is 14.7 Å². The third-order valence-electron chi connectivity index (χ3n) is 2.97. The van der Waals surface area contributed by atoms with E-state index in [0.717, 1.165) is 5.56 Å². The number of carboxylic acid groups (broad SMARTS) is 1. The lowest BCUT2D eigenvalue weighted by Gasteiger charge is -2.13. The zero-order valence-corrected chi connectivity index (χ0v) is 14.4. The smallest absolute Gasteiger partial charge is 0.262 e. The predicted octanol–water partition coefficient (Wildman–Crippen LogP) is 2.79. The van der Waals surface area contributed by atoms with Gasteiger partial charge in [-0.1, -0.05) is 27.5 Å². The second-order valence-electron chi connectivity index (χ2n) is 4.72. The topological polar surface area (TPSA) is 78.5 Å². The maximum absolute atomic E-state index is 11.9. The van der Waals surface area contributed by atoms with E-state index in [1.165, 1.54) is 12.1 Å². The van der Waals surface area contributed by atoms with Gasteiger partial charge in [0, 0.05) is 20.7 Å². The molecular formula is C16H12BrClNO4-. The quantitative estimate of drug-likeness (QED) is 0.841. The Morgan fingerprint density at radius 3 is 2.65 bits per heavy atom. The average molecular weight is 398 g/mol. The molecule has 5 nitrogen and oxygen atoms in total. The Morgan fingerprint density at radius 1 is 1.26 bits per heavy atom. The number of hydrogen-bond donors (Lipinski definition) is 1. The molecule has 0 radical (unpaired) electrons. The van der Waals surface area contributed by atoms with Gasteiger partial charge >= 0.3 is 0 Å². The molecule has 120 valence electrons. The van der Waals surface area contributed by atoms with E-state index in [2.05, 4.69) is 21.2 Å². The number of halogens is 2. The van der Waals surface area contributed by atoms with Crippen molar-refractivity contribution in [2.45, 2.75) is 6.92 Å². The Kier molecular flexibility index (Phi) is 5.63. The highest BCUT2D eigenvalue weighted by Gasteiger charge is 2.10. The summed E-state index contributed by atoms with van der Waals surface area (Å²) in [4.78, 5) is 23.0. The number of amides is 1. The molecule has 2 rings (SSSR count). The van der Waals surface area contributed by atoms with Crippen LogP contribution in [0.3, 0.4) is 0 Å². The summed E-state index contributed by atoms with van der Waals surface area (Å²) < 4.78 is 5.98. The van der Waals surface area contributed by atoms with Gasteiger partial charge in [-0.05, 0) is 48.9 Å². The number of nitrogens with one attached hydrogen (secondary N) is 1. The molecule has 0 aromatic heterocycles. The number of aromatic carboxylic acids is 1. The van der Waals surface area contributed by atoms with E-state index >= 15 is 0 Å². The number of carbonyl (C=O) groups excluding carboxylic acids is 2. The molecule has 0 fully saturated rings. The van der Waals surface area contributed by atoms with Crippen LogP contribution in [-0.2, 0) is 4.79 Å². The molecule has 0 saturated carbocycles. The molecule has 0 heterocycles. The summed E-state index contributed by atoms with van der Waals surface area (Å²) in [6.07, 6.45) is 0. The minimum atomic E-state index is -1.38. The van der Waals surface area contributed by atoms with Crippen molar-refractivity contribution in [3.8, 4) is 5.75 Å². The molecule has 0 atom stereocenters. The average Bonchev–Trinajstić information content (AvgIpc) is 2.48. The van der Waals surface area contributed by atoms with E-state index in [1.807, 2.05) is 6.92 Å². The highest BCUT2D eigenvalue weighted by molar-refractivity contribution is 9.10.